The zero-order valence-electron chi connectivity index (χ0n) is 19.4. The molecule has 0 aliphatic rings. The molecule has 0 spiro atoms. The first-order valence-corrected chi connectivity index (χ1v) is 10.8. The predicted molar refractivity (Wildman–Crippen MR) is 124 cm³/mol. The van der Waals surface area contributed by atoms with Crippen LogP contribution in [-0.4, -0.2) is 47.9 Å². The zero-order chi connectivity index (χ0) is 23.1. The van der Waals surface area contributed by atoms with Crippen LogP contribution >= 0.6 is 0 Å². The SMILES string of the molecule is CCN(CC)C(=O)CCc1c(C)nn(-c2ccc(OC)cc2)c1Oc1ccc(OC)cc1. The van der Waals surface area contributed by atoms with Gasteiger partial charge in [0.1, 0.15) is 17.2 Å². The molecule has 1 heterocycles. The second-order valence-corrected chi connectivity index (χ2v) is 7.32. The van der Waals surface area contributed by atoms with Crippen molar-refractivity contribution in [1.29, 1.82) is 0 Å². The number of rotatable bonds is 10. The molecule has 32 heavy (non-hydrogen) atoms. The van der Waals surface area contributed by atoms with E-state index in [-0.39, 0.29) is 5.91 Å². The summed E-state index contributed by atoms with van der Waals surface area (Å²) in [5.41, 5.74) is 2.59. The third-order valence-electron chi connectivity index (χ3n) is 5.43. The van der Waals surface area contributed by atoms with E-state index in [0.717, 1.165) is 28.4 Å². The van der Waals surface area contributed by atoms with Crippen LogP contribution in [0.3, 0.4) is 0 Å². The van der Waals surface area contributed by atoms with Gasteiger partial charge in [0.2, 0.25) is 11.8 Å². The Bertz CT molecular complexity index is 1020. The van der Waals surface area contributed by atoms with E-state index in [1.165, 1.54) is 0 Å². The zero-order valence-corrected chi connectivity index (χ0v) is 19.4. The van der Waals surface area contributed by atoms with E-state index in [1.807, 2.05) is 74.2 Å². The van der Waals surface area contributed by atoms with Gasteiger partial charge in [0.25, 0.3) is 0 Å². The molecule has 0 atom stereocenters. The van der Waals surface area contributed by atoms with Crippen molar-refractivity contribution in [2.24, 2.45) is 0 Å². The summed E-state index contributed by atoms with van der Waals surface area (Å²) in [6.45, 7) is 7.33. The van der Waals surface area contributed by atoms with Crippen LogP contribution in [0.2, 0.25) is 0 Å². The third kappa shape index (κ3) is 5.22. The minimum atomic E-state index is 0.127. The standard InChI is InChI=1S/C25H31N3O4/c1-6-27(7-2)24(29)17-16-23-18(3)26-28(19-8-10-20(30-4)11-9-19)25(23)32-22-14-12-21(31-5)13-15-22/h8-15H,6-7,16-17H2,1-5H3. The molecule has 0 aliphatic heterocycles. The Morgan fingerprint density at radius 2 is 1.44 bits per heavy atom. The molecule has 0 fully saturated rings. The Balaban J connectivity index is 1.96. The molecule has 0 N–H and O–H groups in total. The third-order valence-corrected chi connectivity index (χ3v) is 5.43. The number of carbonyl (C=O) groups excluding carboxylic acids is 1. The summed E-state index contributed by atoms with van der Waals surface area (Å²) in [6, 6.07) is 15.0. The summed E-state index contributed by atoms with van der Waals surface area (Å²) in [5.74, 6) is 2.91. The fraction of sp³-hybridized carbons (Fsp3) is 0.360. The average molecular weight is 438 g/mol. The van der Waals surface area contributed by atoms with Crippen molar-refractivity contribution in [1.82, 2.24) is 14.7 Å². The number of nitrogens with zero attached hydrogens (tertiary/aromatic N) is 3. The number of carbonyl (C=O) groups is 1. The molecule has 0 bridgehead atoms. The Labute approximate surface area is 189 Å². The highest BCUT2D eigenvalue weighted by atomic mass is 16.5. The first-order chi connectivity index (χ1) is 15.5. The fourth-order valence-electron chi connectivity index (χ4n) is 3.55. The normalized spacial score (nSPS) is 10.7. The number of amides is 1. The minimum absolute atomic E-state index is 0.127. The highest BCUT2D eigenvalue weighted by Gasteiger charge is 2.21. The smallest absolute Gasteiger partial charge is 0.226 e. The van der Waals surface area contributed by atoms with Crippen molar-refractivity contribution < 1.29 is 19.0 Å². The summed E-state index contributed by atoms with van der Waals surface area (Å²) < 4.78 is 18.6. The molecule has 3 rings (SSSR count). The number of aryl methyl sites for hydroxylation is 1. The summed E-state index contributed by atoms with van der Waals surface area (Å²) in [6.07, 6.45) is 0.943. The van der Waals surface area contributed by atoms with E-state index in [9.17, 15) is 4.79 Å². The molecule has 3 aromatic rings. The van der Waals surface area contributed by atoms with Crippen LogP contribution < -0.4 is 14.2 Å². The van der Waals surface area contributed by atoms with Crippen molar-refractivity contribution in [2.45, 2.75) is 33.6 Å². The first-order valence-electron chi connectivity index (χ1n) is 10.8. The predicted octanol–water partition coefficient (Wildman–Crippen LogP) is 4.79. The van der Waals surface area contributed by atoms with Crippen LogP contribution in [0.1, 0.15) is 31.5 Å². The Hall–Kier alpha value is -3.48. The second-order valence-electron chi connectivity index (χ2n) is 7.32. The molecule has 0 saturated heterocycles. The van der Waals surface area contributed by atoms with E-state index < -0.39 is 0 Å². The van der Waals surface area contributed by atoms with Crippen molar-refractivity contribution in [3.8, 4) is 28.8 Å². The Morgan fingerprint density at radius 3 is 1.97 bits per heavy atom. The maximum absolute atomic E-state index is 12.6. The molecule has 1 aromatic heterocycles. The molecule has 170 valence electrons. The van der Waals surface area contributed by atoms with Gasteiger partial charge in [-0.25, -0.2) is 4.68 Å². The van der Waals surface area contributed by atoms with E-state index in [4.69, 9.17) is 19.3 Å². The Morgan fingerprint density at radius 1 is 0.906 bits per heavy atom. The van der Waals surface area contributed by atoms with Crippen molar-refractivity contribution in [2.75, 3.05) is 27.3 Å². The lowest BCUT2D eigenvalue weighted by Crippen LogP contribution is -2.30. The average Bonchev–Trinajstić information content (AvgIpc) is 3.13. The van der Waals surface area contributed by atoms with Crippen molar-refractivity contribution in [3.63, 3.8) is 0 Å². The summed E-state index contributed by atoms with van der Waals surface area (Å²) in [7, 11) is 3.26. The lowest BCUT2D eigenvalue weighted by atomic mass is 10.1. The van der Waals surface area contributed by atoms with Gasteiger partial charge >= 0.3 is 0 Å². The summed E-state index contributed by atoms with van der Waals surface area (Å²) in [5, 5.41) is 4.73. The second kappa shape index (κ2) is 10.7. The van der Waals surface area contributed by atoms with Gasteiger partial charge in [-0.1, -0.05) is 0 Å². The lowest BCUT2D eigenvalue weighted by molar-refractivity contribution is -0.130. The van der Waals surface area contributed by atoms with E-state index in [0.29, 0.717) is 37.6 Å². The van der Waals surface area contributed by atoms with E-state index in [1.54, 1.807) is 18.9 Å². The number of ether oxygens (including phenoxy) is 3. The van der Waals surface area contributed by atoms with Gasteiger partial charge < -0.3 is 19.1 Å². The summed E-state index contributed by atoms with van der Waals surface area (Å²) >= 11 is 0. The highest BCUT2D eigenvalue weighted by Crippen LogP contribution is 2.32. The van der Waals surface area contributed by atoms with Crippen LogP contribution in [0.15, 0.2) is 48.5 Å². The quantitative estimate of drug-likeness (QED) is 0.456. The summed E-state index contributed by atoms with van der Waals surface area (Å²) in [4.78, 5) is 14.4. The molecule has 2 aromatic carbocycles. The molecular weight excluding hydrogens is 406 g/mol. The number of hydrogen-bond donors (Lipinski definition) is 0. The highest BCUT2D eigenvalue weighted by molar-refractivity contribution is 5.76. The minimum Gasteiger partial charge on any atom is -0.497 e. The van der Waals surface area contributed by atoms with Gasteiger partial charge in [-0.3, -0.25) is 4.79 Å². The fourth-order valence-corrected chi connectivity index (χ4v) is 3.55. The first kappa shape index (κ1) is 23.2. The number of hydrogen-bond acceptors (Lipinski definition) is 5. The van der Waals surface area contributed by atoms with E-state index >= 15 is 0 Å². The molecule has 7 nitrogen and oxygen atoms in total. The van der Waals surface area contributed by atoms with Gasteiger partial charge in [0.05, 0.1) is 25.6 Å². The lowest BCUT2D eigenvalue weighted by Gasteiger charge is -2.18. The maximum Gasteiger partial charge on any atom is 0.226 e. The van der Waals surface area contributed by atoms with E-state index in [2.05, 4.69) is 0 Å². The van der Waals surface area contributed by atoms with Crippen LogP contribution in [-0.2, 0) is 11.2 Å². The number of aromatic nitrogens is 2. The van der Waals surface area contributed by atoms with Crippen molar-refractivity contribution in [3.05, 3.63) is 59.8 Å². The van der Waals surface area contributed by atoms with Crippen LogP contribution in [0.5, 0.6) is 23.1 Å². The largest absolute Gasteiger partial charge is 0.497 e. The molecule has 7 heteroatoms. The van der Waals surface area contributed by atoms with Gasteiger partial charge in [-0.05, 0) is 75.7 Å². The Kier molecular flexibility index (Phi) is 7.76. The van der Waals surface area contributed by atoms with Crippen LogP contribution in [0, 0.1) is 6.92 Å². The van der Waals surface area contributed by atoms with Gasteiger partial charge in [0.15, 0.2) is 0 Å². The molecule has 0 radical (unpaired) electrons. The van der Waals surface area contributed by atoms with Gasteiger partial charge in [-0.15, -0.1) is 0 Å². The number of methoxy groups -OCH3 is 2. The monoisotopic (exact) mass is 437 g/mol. The molecular formula is C25H31N3O4. The maximum atomic E-state index is 12.6. The van der Waals surface area contributed by atoms with Crippen LogP contribution in [0.25, 0.3) is 5.69 Å². The topological polar surface area (TPSA) is 65.8 Å². The van der Waals surface area contributed by atoms with Crippen molar-refractivity contribution >= 4 is 5.91 Å². The van der Waals surface area contributed by atoms with Gasteiger partial charge in [0, 0.05) is 25.1 Å². The number of benzene rings is 2. The van der Waals surface area contributed by atoms with Crippen LogP contribution in [0.4, 0.5) is 0 Å². The molecule has 1 amide bonds. The molecule has 0 saturated carbocycles. The van der Waals surface area contributed by atoms with Gasteiger partial charge in [-0.2, -0.15) is 5.10 Å². The molecule has 0 aliphatic carbocycles. The molecule has 0 unspecified atom stereocenters.